The van der Waals surface area contributed by atoms with Crippen LogP contribution in [0.5, 0.6) is 0 Å². The Kier molecular flexibility index (Phi) is 18.0. The normalized spacial score (nSPS) is 19.0. The Morgan fingerprint density at radius 1 is 1.07 bits per heavy atom. The van der Waals surface area contributed by atoms with Gasteiger partial charge in [-0.15, -0.1) is 11.3 Å². The molecule has 0 spiro atoms. The van der Waals surface area contributed by atoms with Crippen LogP contribution in [0.3, 0.4) is 0 Å². The van der Waals surface area contributed by atoms with Gasteiger partial charge in [0.1, 0.15) is 16.7 Å². The van der Waals surface area contributed by atoms with E-state index in [4.69, 9.17) is 9.47 Å². The van der Waals surface area contributed by atoms with Gasteiger partial charge in [0.05, 0.1) is 24.0 Å². The van der Waals surface area contributed by atoms with Gasteiger partial charge in [0.15, 0.2) is 6.10 Å². The number of hydrogen-bond donors (Lipinski definition) is 2. The predicted molar refractivity (Wildman–Crippen MR) is 217 cm³/mol. The molecule has 0 unspecified atom stereocenters. The summed E-state index contributed by atoms with van der Waals surface area (Å²) < 4.78 is 10.7. The standard InChI is InChI=1S/C41H62N6O9S/c1-11-26(6)36(44-38(50)34-19-25(5)17-18-45(34)9)40(51)46(12-2)33(24(3)4)22-35(56-28(8)48)39-43-32(23-57-39)37(49)42-30(20-27(7)41(52)55-10)21-29-13-15-31(16-14-29)47(53)54/h13-16,23-27,30,33-36H,11-12,17-22H2,1-10H3,(H,42,49)(H,44,50)/t25-,26+,27+,30-,33-,34-,35-,36+/m1/s1. The summed E-state index contributed by atoms with van der Waals surface area (Å²) in [5, 5.41) is 19.2. The third-order valence-electron chi connectivity index (χ3n) is 11.0. The summed E-state index contributed by atoms with van der Waals surface area (Å²) in [6, 6.07) is 3.94. The second kappa shape index (κ2) is 21.9. The minimum absolute atomic E-state index is 0.0646. The average molecular weight is 815 g/mol. The number of likely N-dealkylation sites (tertiary alicyclic amines) is 1. The number of nitrogens with zero attached hydrogens (tertiary/aromatic N) is 4. The van der Waals surface area contributed by atoms with Crippen LogP contribution in [-0.4, -0.2) is 101 Å². The third kappa shape index (κ3) is 13.3. The van der Waals surface area contributed by atoms with Crippen LogP contribution >= 0.6 is 11.3 Å². The number of carbonyl (C=O) groups is 5. The second-order valence-corrected chi connectivity index (χ2v) is 16.7. The molecule has 316 valence electrons. The van der Waals surface area contributed by atoms with Crippen LogP contribution in [0.15, 0.2) is 29.6 Å². The number of piperidine rings is 1. The number of thiazole rings is 1. The van der Waals surface area contributed by atoms with E-state index in [1.165, 1.54) is 26.2 Å². The summed E-state index contributed by atoms with van der Waals surface area (Å²) in [5.41, 5.74) is 0.737. The zero-order valence-corrected chi connectivity index (χ0v) is 35.9. The van der Waals surface area contributed by atoms with E-state index in [1.54, 1.807) is 29.3 Å². The quantitative estimate of drug-likeness (QED) is 0.0945. The maximum Gasteiger partial charge on any atom is 0.308 e. The summed E-state index contributed by atoms with van der Waals surface area (Å²) in [5.74, 6) is -2.23. The number of carbonyl (C=O) groups excluding carboxylic acids is 5. The Morgan fingerprint density at radius 3 is 2.30 bits per heavy atom. The Morgan fingerprint density at radius 2 is 1.74 bits per heavy atom. The van der Waals surface area contributed by atoms with Crippen LogP contribution < -0.4 is 10.6 Å². The van der Waals surface area contributed by atoms with Gasteiger partial charge in [-0.05, 0) is 69.5 Å². The van der Waals surface area contributed by atoms with Crippen LogP contribution in [0.4, 0.5) is 5.69 Å². The number of aromatic nitrogens is 1. The van der Waals surface area contributed by atoms with E-state index in [-0.39, 0.29) is 60.3 Å². The van der Waals surface area contributed by atoms with Gasteiger partial charge in [0.25, 0.3) is 11.6 Å². The largest absolute Gasteiger partial charge is 0.469 e. The van der Waals surface area contributed by atoms with Crippen molar-refractivity contribution in [2.45, 2.75) is 124 Å². The fourth-order valence-electron chi connectivity index (χ4n) is 7.36. The number of rotatable bonds is 20. The molecule has 0 bridgehead atoms. The fourth-order valence-corrected chi connectivity index (χ4v) is 8.20. The first-order chi connectivity index (χ1) is 26.9. The van der Waals surface area contributed by atoms with Crippen molar-refractivity contribution >= 4 is 46.7 Å². The summed E-state index contributed by atoms with van der Waals surface area (Å²) in [6.45, 7) is 16.1. The Balaban J connectivity index is 1.87. The van der Waals surface area contributed by atoms with E-state index in [2.05, 4.69) is 27.4 Å². The van der Waals surface area contributed by atoms with Gasteiger partial charge < -0.3 is 25.0 Å². The van der Waals surface area contributed by atoms with Crippen molar-refractivity contribution in [2.24, 2.45) is 23.7 Å². The number of benzene rings is 1. The number of nitro benzene ring substituents is 1. The lowest BCUT2D eigenvalue weighted by atomic mass is 9.90. The van der Waals surface area contributed by atoms with Gasteiger partial charge in [-0.2, -0.15) is 0 Å². The molecular weight excluding hydrogens is 753 g/mol. The molecule has 3 rings (SSSR count). The van der Waals surface area contributed by atoms with E-state index >= 15 is 0 Å². The van der Waals surface area contributed by atoms with Crippen molar-refractivity contribution in [3.05, 3.63) is 56.0 Å². The summed E-state index contributed by atoms with van der Waals surface area (Å²) in [4.78, 5) is 85.7. The first-order valence-corrected chi connectivity index (χ1v) is 20.8. The Labute approximate surface area is 340 Å². The number of nitro groups is 1. The lowest BCUT2D eigenvalue weighted by molar-refractivity contribution is -0.384. The molecule has 1 aromatic heterocycles. The first kappa shape index (κ1) is 46.9. The molecule has 0 saturated carbocycles. The first-order valence-electron chi connectivity index (χ1n) is 20.0. The Hall–Kier alpha value is -4.44. The molecule has 1 aliphatic rings. The number of esters is 2. The SMILES string of the molecule is CC[C@H](C)[C@H](NC(=O)[C@H]1C[C@H](C)CCN1C)C(=O)N(CC)[C@H](C[C@@H](OC(C)=O)c1nc(C(=O)N[C@@H](Cc2ccc([N+](=O)[O-])cc2)C[C@H](C)C(=O)OC)cs1)C(C)C. The average Bonchev–Trinajstić information content (AvgIpc) is 3.67. The lowest BCUT2D eigenvalue weighted by Crippen LogP contribution is -2.59. The van der Waals surface area contributed by atoms with E-state index < -0.39 is 52.9 Å². The van der Waals surface area contributed by atoms with Crippen LogP contribution in [0.1, 0.15) is 115 Å². The molecule has 57 heavy (non-hydrogen) atoms. The molecule has 8 atom stereocenters. The van der Waals surface area contributed by atoms with Crippen LogP contribution in [0.2, 0.25) is 0 Å². The molecular formula is C41H62N6O9S. The van der Waals surface area contributed by atoms with Crippen molar-refractivity contribution in [3.8, 4) is 0 Å². The minimum Gasteiger partial charge on any atom is -0.469 e. The number of ether oxygens (including phenoxy) is 2. The van der Waals surface area contributed by atoms with Gasteiger partial charge >= 0.3 is 11.9 Å². The molecule has 2 aromatic rings. The number of hydrogen-bond acceptors (Lipinski definition) is 12. The van der Waals surface area contributed by atoms with E-state index in [9.17, 15) is 34.1 Å². The molecule has 1 aromatic carbocycles. The topological polar surface area (TPSA) is 190 Å². The Bertz CT molecular complexity index is 1680. The molecule has 0 aliphatic carbocycles. The minimum atomic E-state index is -0.882. The van der Waals surface area contributed by atoms with Crippen molar-refractivity contribution in [1.29, 1.82) is 0 Å². The summed E-state index contributed by atoms with van der Waals surface area (Å²) in [7, 11) is 3.23. The van der Waals surface area contributed by atoms with Crippen LogP contribution in [-0.2, 0) is 35.1 Å². The monoisotopic (exact) mass is 814 g/mol. The van der Waals surface area contributed by atoms with Gasteiger partial charge in [-0.3, -0.25) is 39.0 Å². The van der Waals surface area contributed by atoms with Gasteiger partial charge in [-0.1, -0.05) is 60.1 Å². The molecule has 16 heteroatoms. The van der Waals surface area contributed by atoms with E-state index in [1.807, 2.05) is 41.7 Å². The molecule has 1 saturated heterocycles. The number of non-ortho nitro benzene ring substituents is 1. The zero-order valence-electron chi connectivity index (χ0n) is 35.1. The van der Waals surface area contributed by atoms with Crippen LogP contribution in [0.25, 0.3) is 0 Å². The van der Waals surface area contributed by atoms with E-state index in [0.717, 1.165) is 36.3 Å². The number of nitrogens with one attached hydrogen (secondary N) is 2. The molecule has 2 N–H and O–H groups in total. The van der Waals surface area contributed by atoms with Gasteiger partial charge in [0.2, 0.25) is 11.8 Å². The second-order valence-electron chi connectivity index (χ2n) is 15.8. The molecule has 2 heterocycles. The maximum atomic E-state index is 14.5. The van der Waals surface area contributed by atoms with Gasteiger partial charge in [-0.25, -0.2) is 4.98 Å². The highest BCUT2D eigenvalue weighted by Crippen LogP contribution is 2.32. The highest BCUT2D eigenvalue weighted by Gasteiger charge is 2.39. The fraction of sp³-hybridized carbons (Fsp3) is 0.659. The highest BCUT2D eigenvalue weighted by molar-refractivity contribution is 7.09. The highest BCUT2D eigenvalue weighted by atomic mass is 32.1. The predicted octanol–water partition coefficient (Wildman–Crippen LogP) is 5.72. The summed E-state index contributed by atoms with van der Waals surface area (Å²) >= 11 is 1.15. The van der Waals surface area contributed by atoms with Gasteiger partial charge in [0, 0.05) is 49.5 Å². The lowest BCUT2D eigenvalue weighted by Gasteiger charge is -2.40. The number of likely N-dealkylation sites (N-methyl/N-ethyl adjacent to an activating group) is 2. The molecule has 3 amide bonds. The molecule has 0 radical (unpaired) electrons. The number of amides is 3. The zero-order chi connectivity index (χ0) is 42.6. The maximum absolute atomic E-state index is 14.5. The molecule has 1 aliphatic heterocycles. The van der Waals surface area contributed by atoms with Crippen molar-refractivity contribution in [2.75, 3.05) is 27.2 Å². The van der Waals surface area contributed by atoms with Crippen molar-refractivity contribution in [3.63, 3.8) is 0 Å². The third-order valence-corrected chi connectivity index (χ3v) is 11.9. The number of methoxy groups -OCH3 is 1. The van der Waals surface area contributed by atoms with Crippen molar-refractivity contribution in [1.82, 2.24) is 25.4 Å². The van der Waals surface area contributed by atoms with E-state index in [0.29, 0.717) is 23.9 Å². The summed E-state index contributed by atoms with van der Waals surface area (Å²) in [6.07, 6.45) is 2.25. The molecule has 1 fully saturated rings. The molecule has 15 nitrogen and oxygen atoms in total. The van der Waals surface area contributed by atoms with Crippen molar-refractivity contribution < 1.29 is 38.4 Å². The van der Waals surface area contributed by atoms with Crippen LogP contribution in [0, 0.1) is 33.8 Å². The smallest absolute Gasteiger partial charge is 0.308 e.